The Hall–Kier alpha value is -3.30. The van der Waals surface area contributed by atoms with Crippen molar-refractivity contribution in [2.75, 3.05) is 12.4 Å². The van der Waals surface area contributed by atoms with Gasteiger partial charge in [0.1, 0.15) is 18.2 Å². The molecule has 0 aliphatic heterocycles. The average molecular weight is 510 g/mol. The maximum Gasteiger partial charge on any atom is 0.189 e. The number of rotatable bonds is 10. The zero-order chi connectivity index (χ0) is 25.7. The molecule has 0 bridgehead atoms. The Labute approximate surface area is 213 Å². The number of benzene rings is 2. The molecular formula is C27H29F2N5OS. The summed E-state index contributed by atoms with van der Waals surface area (Å²) < 4.78 is 32.9. The molecule has 2 heterocycles. The van der Waals surface area contributed by atoms with Crippen LogP contribution in [0.2, 0.25) is 0 Å². The van der Waals surface area contributed by atoms with Gasteiger partial charge in [0.2, 0.25) is 0 Å². The third kappa shape index (κ3) is 6.09. The van der Waals surface area contributed by atoms with Gasteiger partial charge in [-0.1, -0.05) is 37.2 Å². The Morgan fingerprint density at radius 3 is 2.56 bits per heavy atom. The highest BCUT2D eigenvalue weighted by Gasteiger charge is 2.17. The fourth-order valence-corrected chi connectivity index (χ4v) is 4.40. The lowest BCUT2D eigenvalue weighted by atomic mass is 10.1. The van der Waals surface area contributed by atoms with Crippen LogP contribution in [0.25, 0.3) is 34.0 Å². The summed E-state index contributed by atoms with van der Waals surface area (Å²) in [7, 11) is 0. The van der Waals surface area contributed by atoms with Crippen molar-refractivity contribution < 1.29 is 13.3 Å². The van der Waals surface area contributed by atoms with E-state index in [9.17, 15) is 8.78 Å². The Bertz CT molecular complexity index is 1310. The molecule has 0 spiro atoms. The molecule has 0 aliphatic rings. The third-order valence-electron chi connectivity index (χ3n) is 5.80. The second-order valence-electron chi connectivity index (χ2n) is 8.68. The number of nitrogens with two attached hydrogens (primary N) is 1. The minimum Gasteiger partial charge on any atom is -0.382 e. The first-order chi connectivity index (χ1) is 17.4. The molecule has 0 saturated heterocycles. The number of nitrogens with one attached hydrogen (secondary N) is 1. The van der Waals surface area contributed by atoms with Crippen molar-refractivity contribution in [3.8, 4) is 34.0 Å². The molecule has 2 atom stereocenters. The highest BCUT2D eigenvalue weighted by Crippen LogP contribution is 2.32. The number of hydrogen-bond acceptors (Lipinski definition) is 7. The van der Waals surface area contributed by atoms with Crippen molar-refractivity contribution in [3.05, 3.63) is 66.1 Å². The van der Waals surface area contributed by atoms with E-state index in [0.717, 1.165) is 12.0 Å². The van der Waals surface area contributed by atoms with Crippen molar-refractivity contribution in [3.63, 3.8) is 0 Å². The summed E-state index contributed by atoms with van der Waals surface area (Å²) in [5, 5.41) is 7.56. The summed E-state index contributed by atoms with van der Waals surface area (Å²) in [6.45, 7) is 5.98. The third-order valence-corrected chi connectivity index (χ3v) is 7.08. The lowest BCUT2D eigenvalue weighted by molar-refractivity contribution is 0.391. The first-order valence-electron chi connectivity index (χ1n) is 11.8. The minimum absolute atomic E-state index is 0.189. The van der Waals surface area contributed by atoms with Gasteiger partial charge in [-0.05, 0) is 43.2 Å². The molecule has 2 unspecified atom stereocenters. The molecule has 4 rings (SSSR count). The van der Waals surface area contributed by atoms with E-state index in [1.54, 1.807) is 31.3 Å². The number of nitrogens with zero attached hydrogens (tertiary/aromatic N) is 3. The maximum atomic E-state index is 14.8. The number of halogens is 2. The topological polar surface area (TPSA) is 89.9 Å². The van der Waals surface area contributed by atoms with Gasteiger partial charge in [0.15, 0.2) is 17.3 Å². The number of hydrogen-bond donors (Lipinski definition) is 2. The van der Waals surface area contributed by atoms with Crippen LogP contribution < -0.4 is 11.1 Å². The van der Waals surface area contributed by atoms with Crippen LogP contribution in [0.4, 0.5) is 14.6 Å². The largest absolute Gasteiger partial charge is 0.382 e. The van der Waals surface area contributed by atoms with Crippen LogP contribution in [-0.2, 0) is 6.54 Å². The lowest BCUT2D eigenvalue weighted by Crippen LogP contribution is -2.27. The molecule has 2 aromatic carbocycles. The Kier molecular flexibility index (Phi) is 8.32. The molecule has 188 valence electrons. The van der Waals surface area contributed by atoms with E-state index < -0.39 is 12.5 Å². The van der Waals surface area contributed by atoms with Gasteiger partial charge in [-0.2, -0.15) is 0 Å². The van der Waals surface area contributed by atoms with Crippen molar-refractivity contribution in [2.45, 2.75) is 49.9 Å². The van der Waals surface area contributed by atoms with Gasteiger partial charge in [0, 0.05) is 39.9 Å². The molecule has 0 saturated carbocycles. The van der Waals surface area contributed by atoms with Crippen molar-refractivity contribution >= 4 is 17.6 Å². The molecule has 0 amide bonds. The molecule has 6 nitrogen and oxygen atoms in total. The van der Waals surface area contributed by atoms with Crippen molar-refractivity contribution in [2.24, 2.45) is 0 Å². The SMILES string of the molecule is CCC(C)Sc1ccc(-c2cnc(N)c(-c3cc(-c4ccc(CNC(C)CF)cc4F)no3)n2)cc1. The molecule has 9 heteroatoms. The lowest BCUT2D eigenvalue weighted by Gasteiger charge is -2.10. The number of aromatic nitrogens is 3. The number of anilines is 1. The standard InChI is InChI=1S/C27H29F2N5OS/c1-4-17(3)36-20-8-6-19(7-9-20)24-15-32-27(30)26(33-24)25-12-23(34-35-25)21-10-5-18(11-22(21)29)14-31-16(2)13-28/h5-12,15-17,31H,4,13-14H2,1-3H3,(H2,30,32). The summed E-state index contributed by atoms with van der Waals surface area (Å²) in [5.74, 6) is 0.0298. The summed E-state index contributed by atoms with van der Waals surface area (Å²) in [6, 6.07) is 14.2. The zero-order valence-corrected chi connectivity index (χ0v) is 21.3. The molecule has 36 heavy (non-hydrogen) atoms. The molecule has 0 fully saturated rings. The number of thioether (sulfide) groups is 1. The summed E-state index contributed by atoms with van der Waals surface area (Å²) >= 11 is 1.83. The van der Waals surface area contributed by atoms with Gasteiger partial charge in [-0.25, -0.2) is 18.7 Å². The summed E-state index contributed by atoms with van der Waals surface area (Å²) in [5.41, 5.74) is 9.27. The molecule has 0 aliphatic carbocycles. The maximum absolute atomic E-state index is 14.8. The van der Waals surface area contributed by atoms with Crippen LogP contribution in [0.15, 0.2) is 64.1 Å². The normalized spacial score (nSPS) is 13.0. The van der Waals surface area contributed by atoms with Crippen LogP contribution in [-0.4, -0.2) is 33.1 Å². The van der Waals surface area contributed by atoms with Gasteiger partial charge < -0.3 is 15.6 Å². The van der Waals surface area contributed by atoms with E-state index in [0.29, 0.717) is 40.2 Å². The van der Waals surface area contributed by atoms with Crippen LogP contribution >= 0.6 is 11.8 Å². The number of alkyl halides is 1. The average Bonchev–Trinajstić information content (AvgIpc) is 3.37. The quantitative estimate of drug-likeness (QED) is 0.235. The minimum atomic E-state index is -0.488. The van der Waals surface area contributed by atoms with Crippen molar-refractivity contribution in [1.29, 1.82) is 0 Å². The molecule has 0 radical (unpaired) electrons. The smallest absolute Gasteiger partial charge is 0.189 e. The first kappa shape index (κ1) is 25.8. The summed E-state index contributed by atoms with van der Waals surface area (Å²) in [6.07, 6.45) is 2.71. The fourth-order valence-electron chi connectivity index (χ4n) is 3.48. The van der Waals surface area contributed by atoms with Crippen LogP contribution in [0.5, 0.6) is 0 Å². The van der Waals surface area contributed by atoms with E-state index >= 15 is 0 Å². The van der Waals surface area contributed by atoms with Gasteiger partial charge >= 0.3 is 0 Å². The Morgan fingerprint density at radius 2 is 1.86 bits per heavy atom. The van der Waals surface area contributed by atoms with Crippen molar-refractivity contribution in [1.82, 2.24) is 20.4 Å². The van der Waals surface area contributed by atoms with Gasteiger partial charge in [-0.3, -0.25) is 0 Å². The molecule has 2 aromatic heterocycles. The van der Waals surface area contributed by atoms with E-state index in [1.807, 2.05) is 23.9 Å². The van der Waals surface area contributed by atoms with E-state index in [2.05, 4.69) is 46.4 Å². The highest BCUT2D eigenvalue weighted by atomic mass is 32.2. The Morgan fingerprint density at radius 1 is 1.08 bits per heavy atom. The van der Waals surface area contributed by atoms with Gasteiger partial charge in [-0.15, -0.1) is 11.8 Å². The van der Waals surface area contributed by atoms with E-state index in [4.69, 9.17) is 10.3 Å². The predicted octanol–water partition coefficient (Wildman–Crippen LogP) is 6.53. The monoisotopic (exact) mass is 509 g/mol. The van der Waals surface area contributed by atoms with Crippen LogP contribution in [0, 0.1) is 5.82 Å². The molecule has 4 aromatic rings. The molecular weight excluding hydrogens is 480 g/mol. The number of nitrogen functional groups attached to an aromatic ring is 1. The van der Waals surface area contributed by atoms with Gasteiger partial charge in [0.25, 0.3) is 0 Å². The second kappa shape index (κ2) is 11.6. The predicted molar refractivity (Wildman–Crippen MR) is 141 cm³/mol. The van der Waals surface area contributed by atoms with E-state index in [-0.39, 0.29) is 17.4 Å². The second-order valence-corrected chi connectivity index (χ2v) is 10.2. The highest BCUT2D eigenvalue weighted by molar-refractivity contribution is 7.99. The zero-order valence-electron chi connectivity index (χ0n) is 20.5. The van der Waals surface area contributed by atoms with Crippen LogP contribution in [0.3, 0.4) is 0 Å². The van der Waals surface area contributed by atoms with Gasteiger partial charge in [0.05, 0.1) is 11.9 Å². The fraction of sp³-hybridized carbons (Fsp3) is 0.296. The summed E-state index contributed by atoms with van der Waals surface area (Å²) in [4.78, 5) is 10.1. The Balaban J connectivity index is 1.55. The van der Waals surface area contributed by atoms with Crippen LogP contribution in [0.1, 0.15) is 32.8 Å². The molecule has 3 N–H and O–H groups in total. The first-order valence-corrected chi connectivity index (χ1v) is 12.7. The van der Waals surface area contributed by atoms with E-state index in [1.165, 1.54) is 11.0 Å².